The van der Waals surface area contributed by atoms with E-state index >= 15 is 0 Å². The van der Waals surface area contributed by atoms with Crippen molar-refractivity contribution in [2.75, 3.05) is 11.9 Å². The fourth-order valence-corrected chi connectivity index (χ4v) is 3.34. The van der Waals surface area contributed by atoms with Crippen LogP contribution in [0.5, 0.6) is 0 Å². The van der Waals surface area contributed by atoms with Gasteiger partial charge in [-0.3, -0.25) is 4.79 Å². The minimum atomic E-state index is -0.636. The minimum Gasteiger partial charge on any atom is -0.452 e. The summed E-state index contributed by atoms with van der Waals surface area (Å²) in [6, 6.07) is 22.1. The summed E-state index contributed by atoms with van der Waals surface area (Å²) in [6.45, 7) is 1.63. The summed E-state index contributed by atoms with van der Waals surface area (Å²) < 4.78 is 18.6. The highest BCUT2D eigenvalue weighted by Gasteiger charge is 2.16. The molecule has 1 amide bonds. The number of ether oxygens (including phenoxy) is 1. The van der Waals surface area contributed by atoms with Crippen molar-refractivity contribution < 1.29 is 18.7 Å². The summed E-state index contributed by atoms with van der Waals surface area (Å²) in [5, 5.41) is 3.33. The summed E-state index contributed by atoms with van der Waals surface area (Å²) in [6.07, 6.45) is 0.908. The third-order valence-corrected chi connectivity index (χ3v) is 5.06. The molecule has 6 heteroatoms. The van der Waals surface area contributed by atoms with E-state index < -0.39 is 18.5 Å². The zero-order valence-electron chi connectivity index (χ0n) is 17.5. The fourth-order valence-electron chi connectivity index (χ4n) is 3.34. The van der Waals surface area contributed by atoms with Gasteiger partial charge in [-0.25, -0.2) is 14.2 Å². The predicted octanol–water partition coefficient (Wildman–Crippen LogP) is 5.40. The van der Waals surface area contributed by atoms with Crippen molar-refractivity contribution in [3.05, 3.63) is 95.8 Å². The molecule has 4 rings (SSSR count). The fraction of sp³-hybridized carbons (Fsp3) is 0.115. The Hall–Kier alpha value is -4.06. The number of amides is 1. The number of fused-ring (bicyclic) bond motifs is 1. The number of rotatable bonds is 6. The molecule has 1 N–H and O–H groups in total. The van der Waals surface area contributed by atoms with Crippen molar-refractivity contribution in [1.82, 2.24) is 4.98 Å². The van der Waals surface area contributed by atoms with Gasteiger partial charge >= 0.3 is 5.97 Å². The van der Waals surface area contributed by atoms with Crippen LogP contribution in [0.3, 0.4) is 0 Å². The maximum atomic E-state index is 13.3. The molecule has 1 heterocycles. The Morgan fingerprint density at radius 1 is 0.969 bits per heavy atom. The van der Waals surface area contributed by atoms with Crippen LogP contribution in [-0.2, 0) is 16.0 Å². The van der Waals surface area contributed by atoms with Crippen LogP contribution in [-0.4, -0.2) is 23.5 Å². The highest BCUT2D eigenvalue weighted by molar-refractivity contribution is 6.05. The molecule has 0 aliphatic rings. The topological polar surface area (TPSA) is 68.3 Å². The van der Waals surface area contributed by atoms with Gasteiger partial charge in [0, 0.05) is 16.6 Å². The Morgan fingerprint density at radius 3 is 2.41 bits per heavy atom. The minimum absolute atomic E-state index is 0.287. The van der Waals surface area contributed by atoms with Crippen molar-refractivity contribution in [2.45, 2.75) is 13.3 Å². The van der Waals surface area contributed by atoms with Gasteiger partial charge in [-0.15, -0.1) is 0 Å². The summed E-state index contributed by atoms with van der Waals surface area (Å²) in [7, 11) is 0. The highest BCUT2D eigenvalue weighted by Crippen LogP contribution is 2.25. The first-order chi connectivity index (χ1) is 15.5. The molecule has 0 spiro atoms. The third kappa shape index (κ3) is 4.81. The van der Waals surface area contributed by atoms with Crippen LogP contribution in [0.2, 0.25) is 0 Å². The van der Waals surface area contributed by atoms with Gasteiger partial charge in [0.25, 0.3) is 5.91 Å². The lowest BCUT2D eigenvalue weighted by atomic mass is 10.0. The molecule has 0 saturated carbocycles. The van der Waals surface area contributed by atoms with Crippen LogP contribution in [0.4, 0.5) is 10.1 Å². The number of hydrogen-bond acceptors (Lipinski definition) is 4. The van der Waals surface area contributed by atoms with Crippen molar-refractivity contribution in [1.29, 1.82) is 0 Å². The Balaban J connectivity index is 1.53. The maximum Gasteiger partial charge on any atom is 0.339 e. The van der Waals surface area contributed by atoms with Gasteiger partial charge < -0.3 is 10.1 Å². The van der Waals surface area contributed by atoms with Gasteiger partial charge in [-0.2, -0.15) is 0 Å². The quantitative estimate of drug-likeness (QED) is 0.418. The van der Waals surface area contributed by atoms with E-state index in [0.29, 0.717) is 27.8 Å². The van der Waals surface area contributed by atoms with E-state index in [-0.39, 0.29) is 11.4 Å². The number of carbonyl (C=O) groups is 2. The number of anilines is 1. The van der Waals surface area contributed by atoms with E-state index in [1.807, 2.05) is 30.3 Å². The molecule has 4 aromatic rings. The standard InChI is InChI=1S/C26H21FN2O3/c1-2-17-7-13-20(14-8-17)28-25(30)16-32-26(31)22-15-24(18-9-11-19(27)12-10-18)29-23-6-4-3-5-21(22)23/h3-15H,2,16H2,1H3,(H,28,30). The molecule has 0 aliphatic carbocycles. The van der Waals surface area contributed by atoms with Gasteiger partial charge in [0.05, 0.1) is 16.8 Å². The smallest absolute Gasteiger partial charge is 0.339 e. The molecule has 0 radical (unpaired) electrons. The predicted molar refractivity (Wildman–Crippen MR) is 122 cm³/mol. The number of aryl methyl sites for hydroxylation is 1. The number of aromatic nitrogens is 1. The lowest BCUT2D eigenvalue weighted by molar-refractivity contribution is -0.119. The van der Waals surface area contributed by atoms with E-state index in [1.54, 1.807) is 36.4 Å². The molecule has 0 atom stereocenters. The number of nitrogens with one attached hydrogen (secondary N) is 1. The largest absolute Gasteiger partial charge is 0.452 e. The van der Waals surface area contributed by atoms with Gasteiger partial charge in [-0.05, 0) is 60.5 Å². The number of pyridine rings is 1. The van der Waals surface area contributed by atoms with Gasteiger partial charge in [-0.1, -0.05) is 37.3 Å². The molecule has 0 unspecified atom stereocenters. The first-order valence-corrected chi connectivity index (χ1v) is 10.2. The van der Waals surface area contributed by atoms with E-state index in [9.17, 15) is 14.0 Å². The van der Waals surface area contributed by atoms with E-state index in [4.69, 9.17) is 4.74 Å². The number of halogens is 1. The summed E-state index contributed by atoms with van der Waals surface area (Å²) in [5.74, 6) is -1.42. The van der Waals surface area contributed by atoms with Crippen LogP contribution in [0.25, 0.3) is 22.2 Å². The SMILES string of the molecule is CCc1ccc(NC(=O)COC(=O)c2cc(-c3ccc(F)cc3)nc3ccccc23)cc1. The number of hydrogen-bond donors (Lipinski definition) is 1. The van der Waals surface area contributed by atoms with Crippen LogP contribution < -0.4 is 5.32 Å². The highest BCUT2D eigenvalue weighted by atomic mass is 19.1. The second kappa shape index (κ2) is 9.39. The molecular formula is C26H21FN2O3. The summed E-state index contributed by atoms with van der Waals surface area (Å²) in [5.41, 5.74) is 3.86. The molecule has 0 bridgehead atoms. The zero-order valence-corrected chi connectivity index (χ0v) is 17.5. The molecule has 3 aromatic carbocycles. The van der Waals surface area contributed by atoms with Crippen LogP contribution >= 0.6 is 0 Å². The normalized spacial score (nSPS) is 10.7. The number of benzene rings is 3. The van der Waals surface area contributed by atoms with E-state index in [0.717, 1.165) is 12.0 Å². The van der Waals surface area contributed by atoms with E-state index in [1.165, 1.54) is 12.1 Å². The maximum absolute atomic E-state index is 13.3. The van der Waals surface area contributed by atoms with Crippen molar-refractivity contribution in [3.63, 3.8) is 0 Å². The average molecular weight is 428 g/mol. The van der Waals surface area contributed by atoms with Crippen LogP contribution in [0, 0.1) is 5.82 Å². The Morgan fingerprint density at radius 2 is 1.69 bits per heavy atom. The first-order valence-electron chi connectivity index (χ1n) is 10.2. The third-order valence-electron chi connectivity index (χ3n) is 5.06. The number of nitrogens with zero attached hydrogens (tertiary/aromatic N) is 1. The first kappa shape index (κ1) is 21.2. The monoisotopic (exact) mass is 428 g/mol. The molecule has 160 valence electrons. The average Bonchev–Trinajstić information content (AvgIpc) is 2.83. The second-order valence-electron chi connectivity index (χ2n) is 7.25. The Labute approximate surface area is 184 Å². The Bertz CT molecular complexity index is 1270. The Kier molecular flexibility index (Phi) is 6.22. The number of esters is 1. The van der Waals surface area contributed by atoms with E-state index in [2.05, 4.69) is 17.2 Å². The molecular weight excluding hydrogens is 407 g/mol. The number of carbonyl (C=O) groups excluding carboxylic acids is 2. The lowest BCUT2D eigenvalue weighted by Gasteiger charge is -2.11. The molecule has 5 nitrogen and oxygen atoms in total. The molecule has 0 fully saturated rings. The second-order valence-corrected chi connectivity index (χ2v) is 7.25. The zero-order chi connectivity index (χ0) is 22.5. The van der Waals surface area contributed by atoms with Gasteiger partial charge in [0.2, 0.25) is 0 Å². The summed E-state index contributed by atoms with van der Waals surface area (Å²) >= 11 is 0. The molecule has 1 aromatic heterocycles. The van der Waals surface area contributed by atoms with Gasteiger partial charge in [0.15, 0.2) is 6.61 Å². The number of para-hydroxylation sites is 1. The van der Waals surface area contributed by atoms with Crippen molar-refractivity contribution >= 4 is 28.5 Å². The lowest BCUT2D eigenvalue weighted by Crippen LogP contribution is -2.21. The van der Waals surface area contributed by atoms with Crippen LogP contribution in [0.15, 0.2) is 78.9 Å². The van der Waals surface area contributed by atoms with Crippen molar-refractivity contribution in [2.24, 2.45) is 0 Å². The van der Waals surface area contributed by atoms with Crippen LogP contribution in [0.1, 0.15) is 22.8 Å². The molecule has 0 saturated heterocycles. The molecule has 32 heavy (non-hydrogen) atoms. The molecule has 0 aliphatic heterocycles. The van der Waals surface area contributed by atoms with Gasteiger partial charge in [0.1, 0.15) is 5.82 Å². The van der Waals surface area contributed by atoms with Crippen molar-refractivity contribution in [3.8, 4) is 11.3 Å². The summed E-state index contributed by atoms with van der Waals surface area (Å²) in [4.78, 5) is 29.7.